The van der Waals surface area contributed by atoms with E-state index in [2.05, 4.69) is 10.6 Å². The molecule has 0 spiro atoms. The number of hydrogen-bond acceptors (Lipinski definition) is 2. The van der Waals surface area contributed by atoms with Crippen LogP contribution in [0.1, 0.15) is 20.3 Å². The highest BCUT2D eigenvalue weighted by molar-refractivity contribution is 5.76. The van der Waals surface area contributed by atoms with Crippen LogP contribution >= 0.6 is 0 Å². The van der Waals surface area contributed by atoms with Gasteiger partial charge in [0.05, 0.1) is 6.17 Å². The molecule has 0 aromatic heterocycles. The molecule has 1 aliphatic rings. The van der Waals surface area contributed by atoms with Crippen molar-refractivity contribution in [3.05, 3.63) is 0 Å². The molecule has 4 heteroatoms. The summed E-state index contributed by atoms with van der Waals surface area (Å²) in [7, 11) is 0. The van der Waals surface area contributed by atoms with Crippen LogP contribution in [0.2, 0.25) is 0 Å². The van der Waals surface area contributed by atoms with Crippen LogP contribution < -0.4 is 10.6 Å². The summed E-state index contributed by atoms with van der Waals surface area (Å²) in [6.07, 6.45) is 0.706. The molecule has 0 aromatic carbocycles. The maximum Gasteiger partial charge on any atom is 0.223 e. The van der Waals surface area contributed by atoms with E-state index in [1.807, 2.05) is 18.7 Å². The minimum Gasteiger partial charge on any atom is -0.326 e. The number of hydrogen-bond donors (Lipinski definition) is 1. The number of piperazine rings is 1. The van der Waals surface area contributed by atoms with Crippen molar-refractivity contribution in [3.63, 3.8) is 0 Å². The molecule has 0 aromatic rings. The van der Waals surface area contributed by atoms with Crippen molar-refractivity contribution in [2.75, 3.05) is 26.2 Å². The Hall–Kier alpha value is -0.610. The third-order valence-corrected chi connectivity index (χ3v) is 2.29. The van der Waals surface area contributed by atoms with Crippen LogP contribution in [0.25, 0.3) is 0 Å². The van der Waals surface area contributed by atoms with Crippen LogP contribution in [0.5, 0.6) is 0 Å². The molecule has 13 heavy (non-hydrogen) atoms. The summed E-state index contributed by atoms with van der Waals surface area (Å²) >= 11 is 0. The first-order chi connectivity index (χ1) is 6.29. The van der Waals surface area contributed by atoms with E-state index in [1.54, 1.807) is 0 Å². The quantitative estimate of drug-likeness (QED) is 0.659. The van der Waals surface area contributed by atoms with Crippen molar-refractivity contribution in [2.45, 2.75) is 26.4 Å². The van der Waals surface area contributed by atoms with E-state index in [0.29, 0.717) is 6.42 Å². The summed E-state index contributed by atoms with van der Waals surface area (Å²) in [6, 6.07) is 0. The van der Waals surface area contributed by atoms with E-state index in [1.165, 1.54) is 0 Å². The zero-order chi connectivity index (χ0) is 9.68. The summed E-state index contributed by atoms with van der Waals surface area (Å²) < 4.78 is 0. The van der Waals surface area contributed by atoms with Crippen LogP contribution in [-0.2, 0) is 4.79 Å². The number of likely N-dealkylation sites (N-methyl/N-ethyl adjacent to an activating group) is 1. The van der Waals surface area contributed by atoms with Crippen molar-refractivity contribution in [3.8, 4) is 0 Å². The highest BCUT2D eigenvalue weighted by Crippen LogP contribution is 2.01. The highest BCUT2D eigenvalue weighted by Gasteiger charge is 2.22. The fraction of sp³-hybridized carbons (Fsp3) is 0.889. The van der Waals surface area contributed by atoms with Gasteiger partial charge in [0.2, 0.25) is 5.91 Å². The van der Waals surface area contributed by atoms with Crippen molar-refractivity contribution in [1.82, 2.24) is 15.5 Å². The Kier molecular flexibility index (Phi) is 4.18. The van der Waals surface area contributed by atoms with Crippen LogP contribution in [0.4, 0.5) is 0 Å². The predicted molar refractivity (Wildman–Crippen MR) is 51.3 cm³/mol. The summed E-state index contributed by atoms with van der Waals surface area (Å²) in [6.45, 7) is 7.15. The van der Waals surface area contributed by atoms with Gasteiger partial charge in [0, 0.05) is 32.6 Å². The van der Waals surface area contributed by atoms with Gasteiger partial charge in [0.25, 0.3) is 0 Å². The monoisotopic (exact) mass is 184 g/mol. The highest BCUT2D eigenvalue weighted by atomic mass is 16.2. The zero-order valence-electron chi connectivity index (χ0n) is 8.42. The molecule has 1 N–H and O–H groups in total. The number of rotatable bonds is 3. The molecular formula is C9H18N3O. The Labute approximate surface area is 79.7 Å². The van der Waals surface area contributed by atoms with Gasteiger partial charge in [0.1, 0.15) is 0 Å². The van der Waals surface area contributed by atoms with Gasteiger partial charge < -0.3 is 4.90 Å². The molecule has 0 saturated carbocycles. The zero-order valence-corrected chi connectivity index (χ0v) is 8.42. The molecule has 1 atom stereocenters. The third kappa shape index (κ3) is 2.67. The van der Waals surface area contributed by atoms with E-state index >= 15 is 0 Å². The minimum absolute atomic E-state index is 0.131. The molecular weight excluding hydrogens is 166 g/mol. The Morgan fingerprint density at radius 1 is 1.62 bits per heavy atom. The molecule has 1 rings (SSSR count). The van der Waals surface area contributed by atoms with Gasteiger partial charge in [-0.15, -0.1) is 0 Å². The largest absolute Gasteiger partial charge is 0.326 e. The molecule has 0 aliphatic carbocycles. The molecule has 75 valence electrons. The number of nitrogens with one attached hydrogen (secondary N) is 1. The van der Waals surface area contributed by atoms with Crippen LogP contribution in [0, 0.1) is 0 Å². The van der Waals surface area contributed by atoms with Gasteiger partial charge in [-0.3, -0.25) is 10.1 Å². The van der Waals surface area contributed by atoms with Gasteiger partial charge in [-0.25, -0.2) is 5.32 Å². The standard InChI is InChI=1S/C9H18N3O/c1-3-9(13)12(4-2)8-7-10-5-6-11-8/h8,11H,3-7H2,1-2H3. The lowest BCUT2D eigenvalue weighted by Gasteiger charge is -2.33. The van der Waals surface area contributed by atoms with Crippen LogP contribution in [0.3, 0.4) is 0 Å². The summed E-state index contributed by atoms with van der Waals surface area (Å²) in [5, 5.41) is 7.58. The molecule has 1 unspecified atom stereocenters. The second kappa shape index (κ2) is 5.19. The van der Waals surface area contributed by atoms with Crippen molar-refractivity contribution in [1.29, 1.82) is 0 Å². The Morgan fingerprint density at radius 2 is 2.38 bits per heavy atom. The SMILES string of the molecule is CCC(=O)N(CC)C1C[N]CCN1. The fourth-order valence-electron chi connectivity index (χ4n) is 1.57. The molecule has 0 bridgehead atoms. The van der Waals surface area contributed by atoms with Crippen LogP contribution in [0.15, 0.2) is 0 Å². The third-order valence-electron chi connectivity index (χ3n) is 2.29. The van der Waals surface area contributed by atoms with Crippen molar-refractivity contribution >= 4 is 5.91 Å². The van der Waals surface area contributed by atoms with E-state index in [0.717, 1.165) is 26.2 Å². The first-order valence-corrected chi connectivity index (χ1v) is 4.95. The van der Waals surface area contributed by atoms with Gasteiger partial charge in [-0.05, 0) is 6.92 Å². The lowest BCUT2D eigenvalue weighted by atomic mass is 10.3. The minimum atomic E-state index is 0.131. The predicted octanol–water partition coefficient (Wildman–Crippen LogP) is -0.221. The lowest BCUT2D eigenvalue weighted by Crippen LogP contribution is -2.56. The summed E-state index contributed by atoms with van der Waals surface area (Å²) in [5.41, 5.74) is 0. The smallest absolute Gasteiger partial charge is 0.223 e. The maximum absolute atomic E-state index is 11.5. The molecule has 1 aliphatic heterocycles. The molecule has 1 fully saturated rings. The topological polar surface area (TPSA) is 46.4 Å². The Morgan fingerprint density at radius 3 is 2.85 bits per heavy atom. The number of nitrogens with zero attached hydrogens (tertiary/aromatic N) is 2. The van der Waals surface area contributed by atoms with Crippen molar-refractivity contribution in [2.24, 2.45) is 0 Å². The Bertz CT molecular complexity index is 166. The molecule has 1 heterocycles. The summed E-state index contributed by atoms with van der Waals surface area (Å²) in [4.78, 5) is 13.4. The van der Waals surface area contributed by atoms with Crippen molar-refractivity contribution < 1.29 is 4.79 Å². The Balaban J connectivity index is 2.48. The molecule has 1 amide bonds. The van der Waals surface area contributed by atoms with E-state index in [4.69, 9.17) is 0 Å². The normalized spacial score (nSPS) is 22.8. The lowest BCUT2D eigenvalue weighted by molar-refractivity contribution is -0.133. The molecule has 1 saturated heterocycles. The number of amides is 1. The average molecular weight is 184 g/mol. The van der Waals surface area contributed by atoms with Gasteiger partial charge in [-0.1, -0.05) is 6.92 Å². The number of carbonyl (C=O) groups is 1. The first kappa shape index (κ1) is 10.5. The second-order valence-corrected chi connectivity index (χ2v) is 3.13. The van der Waals surface area contributed by atoms with Gasteiger partial charge in [-0.2, -0.15) is 0 Å². The second-order valence-electron chi connectivity index (χ2n) is 3.13. The first-order valence-electron chi connectivity index (χ1n) is 4.95. The van der Waals surface area contributed by atoms with Crippen LogP contribution in [-0.4, -0.2) is 43.2 Å². The van der Waals surface area contributed by atoms with Gasteiger partial charge >= 0.3 is 0 Å². The molecule has 4 nitrogen and oxygen atoms in total. The van der Waals surface area contributed by atoms with E-state index in [9.17, 15) is 4.79 Å². The maximum atomic E-state index is 11.5. The van der Waals surface area contributed by atoms with Gasteiger partial charge in [0.15, 0.2) is 0 Å². The average Bonchev–Trinajstić information content (AvgIpc) is 2.20. The fourth-order valence-corrected chi connectivity index (χ4v) is 1.57. The number of carbonyl (C=O) groups excluding carboxylic acids is 1. The van der Waals surface area contributed by atoms with E-state index in [-0.39, 0.29) is 12.1 Å². The molecule has 1 radical (unpaired) electrons. The van der Waals surface area contributed by atoms with E-state index < -0.39 is 0 Å². The summed E-state index contributed by atoms with van der Waals surface area (Å²) in [5.74, 6) is 0.206.